The molecule has 1 N–H and O–H groups in total. The van der Waals surface area contributed by atoms with E-state index < -0.39 is 12.1 Å². The second-order valence-corrected chi connectivity index (χ2v) is 8.60. The number of carboxylic acids is 1. The Labute approximate surface area is 179 Å². The zero-order valence-electron chi connectivity index (χ0n) is 17.4. The Morgan fingerprint density at radius 1 is 1.06 bits per heavy atom. The van der Waals surface area contributed by atoms with Crippen LogP contribution in [0.2, 0.25) is 0 Å². The molecular weight excluding hydrogens is 397 g/mol. The SMILES string of the molecule is O=C(O)c1cnn(-c2nc(N3CCC(F)CC3)c3cc(C4CCCCC4)ccc3n2)c1. The van der Waals surface area contributed by atoms with Crippen LogP contribution in [-0.2, 0) is 0 Å². The molecule has 1 aromatic carbocycles. The minimum absolute atomic E-state index is 0.0798. The zero-order chi connectivity index (χ0) is 21.4. The van der Waals surface area contributed by atoms with Gasteiger partial charge in [0.2, 0.25) is 0 Å². The first-order chi connectivity index (χ1) is 15.1. The van der Waals surface area contributed by atoms with E-state index in [4.69, 9.17) is 4.98 Å². The predicted molar refractivity (Wildman–Crippen MR) is 116 cm³/mol. The molecule has 2 aromatic heterocycles. The summed E-state index contributed by atoms with van der Waals surface area (Å²) in [6, 6.07) is 6.38. The van der Waals surface area contributed by atoms with E-state index in [-0.39, 0.29) is 5.56 Å². The van der Waals surface area contributed by atoms with Gasteiger partial charge in [-0.15, -0.1) is 0 Å². The lowest BCUT2D eigenvalue weighted by atomic mass is 9.84. The quantitative estimate of drug-likeness (QED) is 0.665. The second-order valence-electron chi connectivity index (χ2n) is 8.60. The van der Waals surface area contributed by atoms with Crippen LogP contribution in [0.1, 0.15) is 66.8 Å². The van der Waals surface area contributed by atoms with E-state index in [1.807, 2.05) is 6.07 Å². The highest BCUT2D eigenvalue weighted by molar-refractivity contribution is 5.91. The summed E-state index contributed by atoms with van der Waals surface area (Å²) in [7, 11) is 0. The van der Waals surface area contributed by atoms with Gasteiger partial charge in [-0.05, 0) is 49.3 Å². The van der Waals surface area contributed by atoms with E-state index >= 15 is 0 Å². The highest BCUT2D eigenvalue weighted by atomic mass is 19.1. The minimum atomic E-state index is -1.05. The van der Waals surface area contributed by atoms with Gasteiger partial charge in [0.1, 0.15) is 12.0 Å². The Bertz CT molecular complexity index is 1100. The molecule has 1 aliphatic heterocycles. The molecule has 0 atom stereocenters. The molecule has 0 radical (unpaired) electrons. The van der Waals surface area contributed by atoms with Crippen LogP contribution in [0.25, 0.3) is 16.9 Å². The van der Waals surface area contributed by atoms with E-state index in [1.54, 1.807) is 0 Å². The van der Waals surface area contributed by atoms with E-state index in [2.05, 4.69) is 27.1 Å². The van der Waals surface area contributed by atoms with Crippen molar-refractivity contribution in [1.29, 1.82) is 0 Å². The van der Waals surface area contributed by atoms with E-state index in [0.29, 0.717) is 37.8 Å². The first kappa shape index (κ1) is 19.9. The lowest BCUT2D eigenvalue weighted by molar-refractivity contribution is 0.0697. The third-order valence-corrected chi connectivity index (χ3v) is 6.52. The number of hydrogen-bond donors (Lipinski definition) is 1. The summed E-state index contributed by atoms with van der Waals surface area (Å²) < 4.78 is 15.2. The molecule has 31 heavy (non-hydrogen) atoms. The van der Waals surface area contributed by atoms with Crippen molar-refractivity contribution in [3.63, 3.8) is 0 Å². The Kier molecular flexibility index (Phi) is 5.29. The van der Waals surface area contributed by atoms with Crippen molar-refractivity contribution in [3.05, 3.63) is 41.7 Å². The third-order valence-electron chi connectivity index (χ3n) is 6.52. The van der Waals surface area contributed by atoms with Gasteiger partial charge in [-0.25, -0.2) is 18.9 Å². The van der Waals surface area contributed by atoms with Gasteiger partial charge in [0, 0.05) is 24.7 Å². The average Bonchev–Trinajstić information content (AvgIpc) is 3.30. The number of anilines is 1. The molecule has 1 saturated carbocycles. The molecule has 0 amide bonds. The summed E-state index contributed by atoms with van der Waals surface area (Å²) in [6.45, 7) is 1.19. The van der Waals surface area contributed by atoms with Crippen LogP contribution < -0.4 is 4.90 Å². The number of carbonyl (C=O) groups is 1. The van der Waals surface area contributed by atoms with Crippen molar-refractivity contribution in [2.75, 3.05) is 18.0 Å². The van der Waals surface area contributed by atoms with Gasteiger partial charge in [0.25, 0.3) is 5.95 Å². The number of aromatic nitrogens is 4. The first-order valence-corrected chi connectivity index (χ1v) is 11.1. The lowest BCUT2D eigenvalue weighted by Gasteiger charge is -2.31. The molecule has 7 nitrogen and oxygen atoms in total. The highest BCUT2D eigenvalue weighted by Crippen LogP contribution is 2.36. The van der Waals surface area contributed by atoms with Crippen molar-refractivity contribution >= 4 is 22.7 Å². The van der Waals surface area contributed by atoms with Crippen LogP contribution in [-0.4, -0.2) is 50.1 Å². The monoisotopic (exact) mass is 423 g/mol. The molecule has 0 bridgehead atoms. The standard InChI is InChI=1S/C23H26FN5O2/c24-18-8-10-28(11-9-18)21-19-12-16(15-4-2-1-3-5-15)6-7-20(19)26-23(27-21)29-14-17(13-25-29)22(30)31/h6-7,12-15,18H,1-5,8-11H2,(H,30,31). The number of benzene rings is 1. The van der Waals surface area contributed by atoms with Crippen molar-refractivity contribution < 1.29 is 14.3 Å². The number of aromatic carboxylic acids is 1. The zero-order valence-corrected chi connectivity index (χ0v) is 17.4. The summed E-state index contributed by atoms with van der Waals surface area (Å²) in [5.41, 5.74) is 2.18. The van der Waals surface area contributed by atoms with Crippen LogP contribution >= 0.6 is 0 Å². The molecule has 162 valence electrons. The van der Waals surface area contributed by atoms with Crippen LogP contribution in [0.5, 0.6) is 0 Å². The molecule has 2 fully saturated rings. The molecule has 8 heteroatoms. The summed E-state index contributed by atoms with van der Waals surface area (Å²) >= 11 is 0. The van der Waals surface area contributed by atoms with E-state index in [9.17, 15) is 14.3 Å². The Hall–Kier alpha value is -3.03. The van der Waals surface area contributed by atoms with Crippen LogP contribution in [0.4, 0.5) is 10.2 Å². The fraction of sp³-hybridized carbons (Fsp3) is 0.478. The predicted octanol–water partition coefficient (Wildman–Crippen LogP) is 4.50. The van der Waals surface area contributed by atoms with Crippen molar-refractivity contribution in [2.45, 2.75) is 57.0 Å². The Morgan fingerprint density at radius 3 is 2.55 bits per heavy atom. The molecule has 5 rings (SSSR count). The number of hydrogen-bond acceptors (Lipinski definition) is 5. The number of carboxylic acid groups (broad SMARTS) is 1. The Balaban J connectivity index is 1.60. The topological polar surface area (TPSA) is 84.1 Å². The number of piperidine rings is 1. The van der Waals surface area contributed by atoms with Crippen LogP contribution in [0.15, 0.2) is 30.6 Å². The summed E-state index contributed by atoms with van der Waals surface area (Å²) in [5, 5.41) is 14.3. The fourth-order valence-electron chi connectivity index (χ4n) is 4.75. The van der Waals surface area contributed by atoms with Gasteiger partial charge < -0.3 is 10.0 Å². The maximum absolute atomic E-state index is 13.8. The molecule has 1 aliphatic carbocycles. The molecule has 2 aliphatic rings. The van der Waals surface area contributed by atoms with E-state index in [1.165, 1.54) is 54.7 Å². The van der Waals surface area contributed by atoms with Gasteiger partial charge in [0.05, 0.1) is 17.3 Å². The fourth-order valence-corrected chi connectivity index (χ4v) is 4.75. The van der Waals surface area contributed by atoms with Gasteiger partial charge in [-0.2, -0.15) is 10.1 Å². The number of nitrogens with zero attached hydrogens (tertiary/aromatic N) is 5. The summed E-state index contributed by atoms with van der Waals surface area (Å²) in [4.78, 5) is 22.8. The van der Waals surface area contributed by atoms with Crippen LogP contribution in [0.3, 0.4) is 0 Å². The normalized spacial score (nSPS) is 18.5. The van der Waals surface area contributed by atoms with Crippen molar-refractivity contribution in [3.8, 4) is 5.95 Å². The number of halogens is 1. The maximum atomic E-state index is 13.8. The van der Waals surface area contributed by atoms with Gasteiger partial charge in [-0.1, -0.05) is 25.3 Å². The summed E-state index contributed by atoms with van der Waals surface area (Å²) in [6.07, 6.45) is 9.14. The lowest BCUT2D eigenvalue weighted by Crippen LogP contribution is -2.35. The first-order valence-electron chi connectivity index (χ1n) is 11.1. The van der Waals surface area contributed by atoms with Crippen molar-refractivity contribution in [2.24, 2.45) is 0 Å². The molecule has 0 unspecified atom stereocenters. The van der Waals surface area contributed by atoms with Crippen LogP contribution in [0, 0.1) is 0 Å². The van der Waals surface area contributed by atoms with Gasteiger partial charge >= 0.3 is 5.97 Å². The highest BCUT2D eigenvalue weighted by Gasteiger charge is 2.24. The largest absolute Gasteiger partial charge is 0.478 e. The Morgan fingerprint density at radius 2 is 1.84 bits per heavy atom. The van der Waals surface area contributed by atoms with E-state index in [0.717, 1.165) is 16.7 Å². The van der Waals surface area contributed by atoms with Gasteiger partial charge in [0.15, 0.2) is 0 Å². The average molecular weight is 423 g/mol. The molecule has 3 heterocycles. The van der Waals surface area contributed by atoms with Crippen molar-refractivity contribution in [1.82, 2.24) is 19.7 Å². The minimum Gasteiger partial charge on any atom is -0.478 e. The molecule has 0 spiro atoms. The molecule has 1 saturated heterocycles. The van der Waals surface area contributed by atoms with Gasteiger partial charge in [-0.3, -0.25) is 0 Å². The summed E-state index contributed by atoms with van der Waals surface area (Å²) in [5.74, 6) is 0.612. The number of fused-ring (bicyclic) bond motifs is 1. The maximum Gasteiger partial charge on any atom is 0.338 e. The number of alkyl halides is 1. The third kappa shape index (κ3) is 3.98. The molecule has 3 aromatic rings. The number of rotatable bonds is 4. The molecular formula is C23H26FN5O2. The second kappa shape index (κ2) is 8.24. The smallest absolute Gasteiger partial charge is 0.338 e.